The summed E-state index contributed by atoms with van der Waals surface area (Å²) in [7, 11) is 1.50. The second-order valence-corrected chi connectivity index (χ2v) is 3.73. The normalized spacial score (nSPS) is 10.6. The number of alkyl halides is 1. The first-order valence-corrected chi connectivity index (χ1v) is 5.88. The molecule has 0 aliphatic carbocycles. The van der Waals surface area contributed by atoms with Gasteiger partial charge in [-0.1, -0.05) is 0 Å². The molecule has 0 spiro atoms. The van der Waals surface area contributed by atoms with Crippen molar-refractivity contribution in [3.63, 3.8) is 0 Å². The number of nitrogens with zero attached hydrogens (tertiary/aromatic N) is 3. The van der Waals surface area contributed by atoms with E-state index in [1.54, 1.807) is 12.1 Å². The molecule has 0 aromatic heterocycles. The summed E-state index contributed by atoms with van der Waals surface area (Å²) in [5, 5.41) is 13.2. The highest BCUT2D eigenvalue weighted by atomic mass is 35.5. The van der Waals surface area contributed by atoms with E-state index in [9.17, 15) is 9.59 Å². The lowest BCUT2D eigenvalue weighted by Crippen LogP contribution is -2.31. The number of rotatable bonds is 5. The average molecular weight is 295 g/mol. The zero-order valence-electron chi connectivity index (χ0n) is 10.5. The maximum Gasteiger partial charge on any atom is 0.280 e. The first-order chi connectivity index (χ1) is 9.53. The van der Waals surface area contributed by atoms with E-state index in [1.807, 2.05) is 0 Å². The Bertz CT molecular complexity index is 577. The van der Waals surface area contributed by atoms with Crippen LogP contribution in [0.15, 0.2) is 29.4 Å². The molecular formula is C12H11ClN4O3. The van der Waals surface area contributed by atoms with Gasteiger partial charge in [0.05, 0.1) is 12.8 Å². The van der Waals surface area contributed by atoms with Crippen LogP contribution in [0.25, 0.3) is 0 Å². The number of anilines is 1. The Balaban J connectivity index is 3.22. The van der Waals surface area contributed by atoms with E-state index in [0.29, 0.717) is 11.4 Å². The van der Waals surface area contributed by atoms with Crippen LogP contribution in [0.1, 0.15) is 0 Å². The minimum absolute atomic E-state index is 0.324. The molecule has 0 aliphatic heterocycles. The molecule has 0 heterocycles. The van der Waals surface area contributed by atoms with E-state index < -0.39 is 17.5 Å². The van der Waals surface area contributed by atoms with Gasteiger partial charge >= 0.3 is 0 Å². The van der Waals surface area contributed by atoms with Crippen molar-refractivity contribution in [1.29, 1.82) is 5.26 Å². The topological polar surface area (TPSA) is 109 Å². The number of nitriles is 1. The molecule has 0 fully saturated rings. The summed E-state index contributed by atoms with van der Waals surface area (Å²) < 4.78 is 4.98. The summed E-state index contributed by atoms with van der Waals surface area (Å²) in [6.45, 7) is 0. The minimum atomic E-state index is -1.03. The van der Waals surface area contributed by atoms with Gasteiger partial charge in [-0.25, -0.2) is 0 Å². The molecule has 0 saturated heterocycles. The predicted octanol–water partition coefficient (Wildman–Crippen LogP) is 0.632. The van der Waals surface area contributed by atoms with Crippen LogP contribution >= 0.6 is 11.6 Å². The third-order valence-corrected chi connectivity index (χ3v) is 2.44. The summed E-state index contributed by atoms with van der Waals surface area (Å²) in [5.74, 6) is -1.43. The largest absolute Gasteiger partial charge is 0.497 e. The van der Waals surface area contributed by atoms with E-state index in [1.165, 1.54) is 25.3 Å². The van der Waals surface area contributed by atoms with E-state index >= 15 is 0 Å². The smallest absolute Gasteiger partial charge is 0.280 e. The zero-order chi connectivity index (χ0) is 15.1. The van der Waals surface area contributed by atoms with Crippen LogP contribution in [0.2, 0.25) is 0 Å². The van der Waals surface area contributed by atoms with Gasteiger partial charge in [-0.05, 0) is 24.3 Å². The van der Waals surface area contributed by atoms with Crippen LogP contribution in [0, 0.1) is 11.3 Å². The lowest BCUT2D eigenvalue weighted by atomic mass is 10.3. The number of amides is 2. The summed E-state index contributed by atoms with van der Waals surface area (Å²) in [6.07, 6.45) is 0. The summed E-state index contributed by atoms with van der Waals surface area (Å²) in [6, 6.07) is 7.76. The van der Waals surface area contributed by atoms with Crippen molar-refractivity contribution in [2.45, 2.75) is 0 Å². The Kier molecular flexibility index (Phi) is 5.50. The second-order valence-electron chi connectivity index (χ2n) is 3.46. The number of hydrazone groups is 1. The van der Waals surface area contributed by atoms with Gasteiger partial charge in [-0.15, -0.1) is 16.7 Å². The van der Waals surface area contributed by atoms with Crippen molar-refractivity contribution in [3.05, 3.63) is 24.3 Å². The van der Waals surface area contributed by atoms with Crippen molar-refractivity contribution in [2.24, 2.45) is 10.8 Å². The predicted molar refractivity (Wildman–Crippen MR) is 73.4 cm³/mol. The van der Waals surface area contributed by atoms with Gasteiger partial charge < -0.3 is 10.5 Å². The summed E-state index contributed by atoms with van der Waals surface area (Å²) in [5.41, 5.74) is 4.70. The molecule has 104 valence electrons. The number of hydrogen-bond acceptors (Lipinski definition) is 5. The third kappa shape index (κ3) is 3.70. The molecule has 20 heavy (non-hydrogen) atoms. The van der Waals surface area contributed by atoms with Crippen LogP contribution < -0.4 is 15.5 Å². The maximum absolute atomic E-state index is 11.7. The van der Waals surface area contributed by atoms with Crippen LogP contribution in [0.4, 0.5) is 5.69 Å². The van der Waals surface area contributed by atoms with Gasteiger partial charge in [0.1, 0.15) is 17.7 Å². The fourth-order valence-corrected chi connectivity index (χ4v) is 1.38. The van der Waals surface area contributed by atoms with Crippen molar-refractivity contribution in [1.82, 2.24) is 0 Å². The molecule has 2 amide bonds. The molecule has 0 radical (unpaired) electrons. The highest BCUT2D eigenvalue weighted by Gasteiger charge is 2.17. The average Bonchev–Trinajstić information content (AvgIpc) is 2.47. The zero-order valence-corrected chi connectivity index (χ0v) is 11.3. The first kappa shape index (κ1) is 15.5. The number of methoxy groups -OCH3 is 1. The first-order valence-electron chi connectivity index (χ1n) is 5.35. The van der Waals surface area contributed by atoms with E-state index in [4.69, 9.17) is 27.3 Å². The lowest BCUT2D eigenvalue weighted by Gasteiger charge is -2.16. The van der Waals surface area contributed by atoms with Crippen molar-refractivity contribution >= 4 is 34.8 Å². The van der Waals surface area contributed by atoms with E-state index in [-0.39, 0.29) is 5.88 Å². The Morgan fingerprint density at radius 2 is 2.05 bits per heavy atom. The van der Waals surface area contributed by atoms with Crippen LogP contribution in [0.5, 0.6) is 5.75 Å². The maximum atomic E-state index is 11.7. The van der Waals surface area contributed by atoms with E-state index in [0.717, 1.165) is 5.01 Å². The highest BCUT2D eigenvalue weighted by Crippen LogP contribution is 2.20. The molecule has 0 atom stereocenters. The Morgan fingerprint density at radius 3 is 2.45 bits per heavy atom. The molecule has 1 rings (SSSR count). The molecule has 0 aliphatic rings. The van der Waals surface area contributed by atoms with Gasteiger partial charge in [0.25, 0.3) is 11.8 Å². The van der Waals surface area contributed by atoms with Crippen molar-refractivity contribution < 1.29 is 14.3 Å². The molecule has 1 aromatic rings. The molecular weight excluding hydrogens is 284 g/mol. The van der Waals surface area contributed by atoms with Gasteiger partial charge in [0.15, 0.2) is 0 Å². The van der Waals surface area contributed by atoms with Crippen LogP contribution in [-0.4, -0.2) is 30.5 Å². The quantitative estimate of drug-likeness (QED) is 0.488. The second kappa shape index (κ2) is 7.11. The molecule has 7 nitrogen and oxygen atoms in total. The Morgan fingerprint density at radius 1 is 1.45 bits per heavy atom. The molecule has 0 bridgehead atoms. The molecule has 0 unspecified atom stereocenters. The lowest BCUT2D eigenvalue weighted by molar-refractivity contribution is -0.116. The number of carbonyl (C=O) groups is 2. The standard InChI is InChI=1S/C12H11ClN4O3/c1-20-9-4-2-8(3-5-9)17(11(18)6-13)16-10(7-14)12(15)19/h2-5H,6H2,1H3,(H2,15,19)/b16-10-. The molecule has 8 heteroatoms. The fourth-order valence-electron chi connectivity index (χ4n) is 1.26. The molecule has 2 N–H and O–H groups in total. The minimum Gasteiger partial charge on any atom is -0.497 e. The van der Waals surface area contributed by atoms with Gasteiger partial charge in [-0.3, -0.25) is 9.59 Å². The summed E-state index contributed by atoms with van der Waals surface area (Å²) >= 11 is 5.48. The number of hydrogen-bond donors (Lipinski definition) is 1. The van der Waals surface area contributed by atoms with Crippen molar-refractivity contribution in [3.8, 4) is 11.8 Å². The number of benzene rings is 1. The molecule has 0 saturated carbocycles. The number of ether oxygens (including phenoxy) is 1. The highest BCUT2D eigenvalue weighted by molar-refractivity contribution is 6.45. The Labute approximate surface area is 120 Å². The van der Waals surface area contributed by atoms with Crippen LogP contribution in [-0.2, 0) is 9.59 Å². The van der Waals surface area contributed by atoms with Gasteiger partial charge in [-0.2, -0.15) is 10.3 Å². The number of nitrogens with two attached hydrogens (primary N) is 1. The van der Waals surface area contributed by atoms with Gasteiger partial charge in [0.2, 0.25) is 5.71 Å². The number of halogens is 1. The van der Waals surface area contributed by atoms with Crippen molar-refractivity contribution in [2.75, 3.05) is 18.0 Å². The van der Waals surface area contributed by atoms with Crippen LogP contribution in [0.3, 0.4) is 0 Å². The third-order valence-electron chi connectivity index (χ3n) is 2.21. The monoisotopic (exact) mass is 294 g/mol. The summed E-state index contributed by atoms with van der Waals surface area (Å²) in [4.78, 5) is 22.7. The van der Waals surface area contributed by atoms with Gasteiger partial charge in [0, 0.05) is 0 Å². The molecule has 1 aromatic carbocycles. The SMILES string of the molecule is COc1ccc(N(/N=C(/C#N)C(N)=O)C(=O)CCl)cc1. The fraction of sp³-hybridized carbons (Fsp3) is 0.167. The van der Waals surface area contributed by atoms with E-state index in [2.05, 4.69) is 5.10 Å². The Hall–Kier alpha value is -2.59. The number of primary amides is 1. The number of carbonyl (C=O) groups excluding carboxylic acids is 2.